The Kier molecular flexibility index (Phi) is 6.09. The first kappa shape index (κ1) is 20.5. The van der Waals surface area contributed by atoms with Gasteiger partial charge in [0.25, 0.3) is 0 Å². The molecule has 2 saturated heterocycles. The minimum Gasteiger partial charge on any atom is -0.488 e. The van der Waals surface area contributed by atoms with Crippen LogP contribution in [0.1, 0.15) is 37.7 Å². The van der Waals surface area contributed by atoms with Crippen molar-refractivity contribution in [3.63, 3.8) is 0 Å². The van der Waals surface area contributed by atoms with E-state index in [2.05, 4.69) is 11.0 Å². The molecule has 2 aliphatic heterocycles. The number of nitrogens with zero attached hydrogens (tertiary/aromatic N) is 4. The lowest BCUT2D eigenvalue weighted by molar-refractivity contribution is -0.135. The highest BCUT2D eigenvalue weighted by Gasteiger charge is 2.43. The number of hydrogen-bond donors (Lipinski definition) is 1. The molecule has 0 spiro atoms. The average Bonchev–Trinajstić information content (AvgIpc) is 2.98. The summed E-state index contributed by atoms with van der Waals surface area (Å²) in [6, 6.07) is 8.78. The van der Waals surface area contributed by atoms with E-state index >= 15 is 0 Å². The van der Waals surface area contributed by atoms with Gasteiger partial charge in [0.1, 0.15) is 17.9 Å². The average molecular weight is 412 g/mol. The number of nitriles is 1. The number of likely N-dealkylation sites (tertiary alicyclic amines) is 1. The van der Waals surface area contributed by atoms with Crippen molar-refractivity contribution in [2.45, 2.75) is 50.3 Å². The van der Waals surface area contributed by atoms with Crippen LogP contribution in [0, 0.1) is 11.3 Å². The predicted octanol–water partition coefficient (Wildman–Crippen LogP) is 2.14. The second kappa shape index (κ2) is 8.92. The Morgan fingerprint density at radius 2 is 1.97 bits per heavy atom. The van der Waals surface area contributed by atoms with Gasteiger partial charge in [0, 0.05) is 38.6 Å². The minimum atomic E-state index is -1.10. The van der Waals surface area contributed by atoms with E-state index in [1.807, 2.05) is 4.90 Å². The first-order valence-electron chi connectivity index (χ1n) is 10.7. The van der Waals surface area contributed by atoms with Crippen LogP contribution in [0.5, 0.6) is 5.75 Å². The quantitative estimate of drug-likeness (QED) is 0.814. The third-order valence-electron chi connectivity index (χ3n) is 6.49. The van der Waals surface area contributed by atoms with Crippen molar-refractivity contribution in [2.24, 2.45) is 0 Å². The van der Waals surface area contributed by atoms with Gasteiger partial charge in [-0.3, -0.25) is 14.6 Å². The zero-order valence-electron chi connectivity index (χ0n) is 17.1. The Bertz CT molecular complexity index is 835. The molecule has 2 atom stereocenters. The first-order chi connectivity index (χ1) is 14.5. The largest absolute Gasteiger partial charge is 0.488 e. The summed E-state index contributed by atoms with van der Waals surface area (Å²) in [5.74, 6) is 0.396. The zero-order valence-corrected chi connectivity index (χ0v) is 17.1. The second-order valence-electron chi connectivity index (χ2n) is 8.37. The van der Waals surface area contributed by atoms with Gasteiger partial charge in [0.05, 0.1) is 18.2 Å². The second-order valence-corrected chi connectivity index (χ2v) is 8.37. The normalized spacial score (nSPS) is 25.3. The van der Waals surface area contributed by atoms with E-state index in [0.29, 0.717) is 36.9 Å². The van der Waals surface area contributed by atoms with Gasteiger partial charge >= 0.3 is 6.09 Å². The molecule has 1 aliphatic carbocycles. The molecule has 160 valence electrons. The van der Waals surface area contributed by atoms with Gasteiger partial charge in [-0.2, -0.15) is 5.26 Å². The molecule has 8 heteroatoms. The van der Waals surface area contributed by atoms with Crippen LogP contribution in [0.3, 0.4) is 0 Å². The highest BCUT2D eigenvalue weighted by molar-refractivity contribution is 5.86. The molecule has 30 heavy (non-hydrogen) atoms. The molecule has 1 aromatic carbocycles. The zero-order chi connectivity index (χ0) is 21.1. The number of benzene rings is 1. The maximum absolute atomic E-state index is 13.2. The summed E-state index contributed by atoms with van der Waals surface area (Å²) in [4.78, 5) is 30.5. The molecule has 1 aromatic rings. The van der Waals surface area contributed by atoms with Gasteiger partial charge in [0.15, 0.2) is 0 Å². The number of carbonyl (C=O) groups is 2. The van der Waals surface area contributed by atoms with Crippen molar-refractivity contribution >= 4 is 12.0 Å². The van der Waals surface area contributed by atoms with Gasteiger partial charge < -0.3 is 14.7 Å². The van der Waals surface area contributed by atoms with Gasteiger partial charge in [0.2, 0.25) is 5.91 Å². The van der Waals surface area contributed by atoms with Crippen LogP contribution in [0.15, 0.2) is 24.3 Å². The lowest BCUT2D eigenvalue weighted by Crippen LogP contribution is -2.49. The van der Waals surface area contributed by atoms with Gasteiger partial charge in [-0.25, -0.2) is 4.79 Å². The van der Waals surface area contributed by atoms with Crippen LogP contribution in [0.25, 0.3) is 0 Å². The van der Waals surface area contributed by atoms with Crippen molar-refractivity contribution < 1.29 is 19.4 Å². The molecule has 4 rings (SSSR count). The highest BCUT2D eigenvalue weighted by atomic mass is 16.5. The van der Waals surface area contributed by atoms with E-state index < -0.39 is 18.2 Å². The van der Waals surface area contributed by atoms with E-state index in [9.17, 15) is 14.7 Å². The number of carboxylic acid groups (broad SMARTS) is 1. The molecule has 2 amide bonds. The Morgan fingerprint density at radius 1 is 1.13 bits per heavy atom. The molecule has 1 saturated carbocycles. The molecular formula is C22H28N4O4. The highest BCUT2D eigenvalue weighted by Crippen LogP contribution is 2.28. The molecule has 0 unspecified atom stereocenters. The molecule has 3 aliphatic rings. The van der Waals surface area contributed by atoms with E-state index in [-0.39, 0.29) is 12.5 Å². The Hall–Kier alpha value is -2.79. The summed E-state index contributed by atoms with van der Waals surface area (Å²) in [6.07, 6.45) is 3.51. The van der Waals surface area contributed by atoms with E-state index in [0.717, 1.165) is 19.5 Å². The summed E-state index contributed by atoms with van der Waals surface area (Å²) in [6.45, 7) is 3.32. The van der Waals surface area contributed by atoms with Crippen LogP contribution in [0.2, 0.25) is 0 Å². The molecule has 1 N–H and O–H groups in total. The van der Waals surface area contributed by atoms with E-state index in [1.54, 1.807) is 24.3 Å². The van der Waals surface area contributed by atoms with Crippen LogP contribution in [0.4, 0.5) is 4.79 Å². The van der Waals surface area contributed by atoms with Crippen LogP contribution in [-0.2, 0) is 4.79 Å². The molecular weight excluding hydrogens is 384 g/mol. The van der Waals surface area contributed by atoms with Gasteiger partial charge in [-0.05, 0) is 37.5 Å². The van der Waals surface area contributed by atoms with Crippen molar-refractivity contribution in [2.75, 3.05) is 32.7 Å². The van der Waals surface area contributed by atoms with Crippen molar-refractivity contribution in [1.29, 1.82) is 5.26 Å². The molecule has 0 bridgehead atoms. The monoisotopic (exact) mass is 412 g/mol. The van der Waals surface area contributed by atoms with E-state index in [1.165, 1.54) is 24.2 Å². The standard InChI is InChI=1S/C22H28N4O4/c23-14-16-4-1-7-18(12-16)30-19-13-20(26(15-19)22(28)29)21(27)25-9-3-8-24(10-11-25)17-5-2-6-17/h1,4,7,12,17,19-20H,2-3,5-6,8-11,13,15H2,(H,28,29)/t19-,20+/m0/s1. The minimum absolute atomic E-state index is 0.121. The predicted molar refractivity (Wildman–Crippen MR) is 109 cm³/mol. The SMILES string of the molecule is N#Cc1cccc(O[C@H]2C[C@H](C(=O)N3CCCN(C4CCC4)CC3)N(C(=O)O)C2)c1. The lowest BCUT2D eigenvalue weighted by atomic mass is 9.91. The smallest absolute Gasteiger partial charge is 0.408 e. The molecule has 8 nitrogen and oxygen atoms in total. The third-order valence-corrected chi connectivity index (χ3v) is 6.49. The maximum Gasteiger partial charge on any atom is 0.408 e. The molecule has 0 aromatic heterocycles. The molecule has 3 fully saturated rings. The third kappa shape index (κ3) is 4.36. The van der Waals surface area contributed by atoms with Gasteiger partial charge in [-0.15, -0.1) is 0 Å². The Balaban J connectivity index is 1.40. The topological polar surface area (TPSA) is 97.1 Å². The fraction of sp³-hybridized carbons (Fsp3) is 0.591. The first-order valence-corrected chi connectivity index (χ1v) is 10.7. The van der Waals surface area contributed by atoms with Crippen LogP contribution < -0.4 is 4.74 Å². The number of carbonyl (C=O) groups excluding carboxylic acids is 1. The summed E-state index contributed by atoms with van der Waals surface area (Å²) in [5, 5.41) is 18.7. The summed E-state index contributed by atoms with van der Waals surface area (Å²) in [7, 11) is 0. The van der Waals surface area contributed by atoms with Crippen molar-refractivity contribution in [1.82, 2.24) is 14.7 Å². The van der Waals surface area contributed by atoms with E-state index in [4.69, 9.17) is 10.00 Å². The van der Waals surface area contributed by atoms with Crippen LogP contribution in [-0.4, -0.2) is 82.7 Å². The Morgan fingerprint density at radius 3 is 2.67 bits per heavy atom. The fourth-order valence-electron chi connectivity index (χ4n) is 4.65. The molecule has 0 radical (unpaired) electrons. The Labute approximate surface area is 176 Å². The maximum atomic E-state index is 13.2. The van der Waals surface area contributed by atoms with Crippen LogP contribution >= 0.6 is 0 Å². The summed E-state index contributed by atoms with van der Waals surface area (Å²) in [5.41, 5.74) is 0.480. The summed E-state index contributed by atoms with van der Waals surface area (Å²) >= 11 is 0. The lowest BCUT2D eigenvalue weighted by Gasteiger charge is -2.36. The number of hydrogen-bond acceptors (Lipinski definition) is 5. The summed E-state index contributed by atoms with van der Waals surface area (Å²) < 4.78 is 5.93. The number of amides is 2. The fourth-order valence-corrected chi connectivity index (χ4v) is 4.65. The molecule has 2 heterocycles. The van der Waals surface area contributed by atoms with Crippen molar-refractivity contribution in [3.8, 4) is 11.8 Å². The van der Waals surface area contributed by atoms with Crippen molar-refractivity contribution in [3.05, 3.63) is 29.8 Å². The number of rotatable bonds is 4. The van der Waals surface area contributed by atoms with Gasteiger partial charge in [-0.1, -0.05) is 12.5 Å². The number of ether oxygens (including phenoxy) is 1.